The number of hydrogen-bond acceptors (Lipinski definition) is 1. The summed E-state index contributed by atoms with van der Waals surface area (Å²) in [6.45, 7) is 3.42. The molecule has 2 N–H and O–H groups in total. The third-order valence-electron chi connectivity index (χ3n) is 4.47. The number of likely N-dealkylation sites (N-methyl/N-ethyl adjacent to an activating group) is 1. The van der Waals surface area contributed by atoms with Gasteiger partial charge in [0, 0.05) is 11.3 Å². The molecule has 23 heavy (non-hydrogen) atoms. The van der Waals surface area contributed by atoms with Crippen LogP contribution in [0.25, 0.3) is 0 Å². The summed E-state index contributed by atoms with van der Waals surface area (Å²) in [6.07, 6.45) is 3.54. The molecular formula is C20H25N2O+. The van der Waals surface area contributed by atoms with Crippen LogP contribution in [0.5, 0.6) is 0 Å². The Kier molecular flexibility index (Phi) is 4.77. The summed E-state index contributed by atoms with van der Waals surface area (Å²) in [7, 11) is 2.06. The van der Waals surface area contributed by atoms with Crippen molar-refractivity contribution in [1.29, 1.82) is 0 Å². The first-order valence-corrected chi connectivity index (χ1v) is 8.38. The van der Waals surface area contributed by atoms with Crippen molar-refractivity contribution in [2.24, 2.45) is 0 Å². The van der Waals surface area contributed by atoms with Gasteiger partial charge in [0.1, 0.15) is 6.54 Å². The third-order valence-corrected chi connectivity index (χ3v) is 4.47. The van der Waals surface area contributed by atoms with Gasteiger partial charge in [-0.1, -0.05) is 35.9 Å². The van der Waals surface area contributed by atoms with E-state index in [1.165, 1.54) is 40.0 Å². The molecule has 3 heteroatoms. The molecule has 0 saturated heterocycles. The van der Waals surface area contributed by atoms with Gasteiger partial charge in [0.15, 0.2) is 6.54 Å². The van der Waals surface area contributed by atoms with Gasteiger partial charge in [0.25, 0.3) is 5.91 Å². The fraction of sp³-hybridized carbons (Fsp3) is 0.350. The summed E-state index contributed by atoms with van der Waals surface area (Å²) < 4.78 is 0. The van der Waals surface area contributed by atoms with Crippen molar-refractivity contribution in [3.63, 3.8) is 0 Å². The minimum Gasteiger partial charge on any atom is -0.326 e. The molecule has 0 aliphatic heterocycles. The number of rotatable bonds is 5. The van der Waals surface area contributed by atoms with Gasteiger partial charge in [0.2, 0.25) is 0 Å². The molecule has 0 spiro atoms. The predicted octanol–water partition coefficient (Wildman–Crippen LogP) is 2.14. The van der Waals surface area contributed by atoms with Crippen molar-refractivity contribution in [3.8, 4) is 0 Å². The lowest BCUT2D eigenvalue weighted by atomic mass is 10.1. The first-order chi connectivity index (χ1) is 11.1. The number of carbonyl (C=O) groups excluding carboxylic acids is 1. The van der Waals surface area contributed by atoms with Gasteiger partial charge < -0.3 is 10.2 Å². The zero-order chi connectivity index (χ0) is 16.2. The first kappa shape index (κ1) is 15.8. The van der Waals surface area contributed by atoms with E-state index < -0.39 is 0 Å². The zero-order valence-electron chi connectivity index (χ0n) is 14.0. The molecule has 1 atom stereocenters. The van der Waals surface area contributed by atoms with Gasteiger partial charge in [-0.05, 0) is 49.4 Å². The van der Waals surface area contributed by atoms with Crippen molar-refractivity contribution in [3.05, 3.63) is 64.7 Å². The molecule has 0 radical (unpaired) electrons. The molecule has 0 bridgehead atoms. The number of anilines is 1. The number of amides is 1. The molecule has 0 fully saturated rings. The number of carbonyl (C=O) groups is 1. The Morgan fingerprint density at radius 1 is 1.09 bits per heavy atom. The van der Waals surface area contributed by atoms with Crippen LogP contribution >= 0.6 is 0 Å². The monoisotopic (exact) mass is 309 g/mol. The number of aryl methyl sites for hydroxylation is 3. The fourth-order valence-electron chi connectivity index (χ4n) is 3.25. The van der Waals surface area contributed by atoms with Crippen molar-refractivity contribution in [2.45, 2.75) is 32.7 Å². The number of quaternary nitrogens is 1. The molecule has 1 amide bonds. The van der Waals surface area contributed by atoms with Crippen LogP contribution in [0.4, 0.5) is 5.69 Å². The second-order valence-electron chi connectivity index (χ2n) is 6.68. The second-order valence-corrected chi connectivity index (χ2v) is 6.68. The van der Waals surface area contributed by atoms with Crippen LogP contribution in [0.2, 0.25) is 0 Å². The predicted molar refractivity (Wildman–Crippen MR) is 93.7 cm³/mol. The molecule has 1 unspecified atom stereocenters. The van der Waals surface area contributed by atoms with Gasteiger partial charge in [-0.25, -0.2) is 0 Å². The molecule has 0 heterocycles. The van der Waals surface area contributed by atoms with Crippen LogP contribution in [0.1, 0.15) is 28.7 Å². The Labute approximate surface area is 138 Å². The minimum absolute atomic E-state index is 0.0764. The zero-order valence-corrected chi connectivity index (χ0v) is 14.0. The highest BCUT2D eigenvalue weighted by molar-refractivity contribution is 5.91. The second kappa shape index (κ2) is 6.97. The van der Waals surface area contributed by atoms with Crippen molar-refractivity contribution >= 4 is 11.6 Å². The summed E-state index contributed by atoms with van der Waals surface area (Å²) in [5.41, 5.74) is 6.28. The van der Waals surface area contributed by atoms with Gasteiger partial charge in [-0.3, -0.25) is 4.79 Å². The molecule has 2 aromatic carbocycles. The van der Waals surface area contributed by atoms with Crippen LogP contribution < -0.4 is 10.2 Å². The lowest BCUT2D eigenvalue weighted by Crippen LogP contribution is -3.08. The number of fused-ring (bicyclic) bond motifs is 1. The highest BCUT2D eigenvalue weighted by Crippen LogP contribution is 2.24. The summed E-state index contributed by atoms with van der Waals surface area (Å²) >= 11 is 0. The smallest absolute Gasteiger partial charge is 0.279 e. The number of nitrogens with one attached hydrogen (secondary N) is 2. The van der Waals surface area contributed by atoms with E-state index in [2.05, 4.69) is 55.7 Å². The fourth-order valence-corrected chi connectivity index (χ4v) is 3.25. The Morgan fingerprint density at radius 2 is 1.83 bits per heavy atom. The molecular weight excluding hydrogens is 284 g/mol. The van der Waals surface area contributed by atoms with Crippen molar-refractivity contribution < 1.29 is 9.69 Å². The van der Waals surface area contributed by atoms with E-state index in [1.807, 2.05) is 6.07 Å². The van der Waals surface area contributed by atoms with E-state index in [4.69, 9.17) is 0 Å². The first-order valence-electron chi connectivity index (χ1n) is 8.38. The Bertz CT molecular complexity index is 691. The Balaban J connectivity index is 1.53. The number of hydrogen-bond donors (Lipinski definition) is 2. The third kappa shape index (κ3) is 4.20. The average molecular weight is 309 g/mol. The highest BCUT2D eigenvalue weighted by Gasteiger charge is 2.14. The van der Waals surface area contributed by atoms with Gasteiger partial charge >= 0.3 is 0 Å². The maximum atomic E-state index is 12.2. The molecule has 120 valence electrons. The molecule has 2 aromatic rings. The van der Waals surface area contributed by atoms with Crippen LogP contribution in [-0.4, -0.2) is 19.5 Å². The molecule has 0 aromatic heterocycles. The molecule has 3 nitrogen and oxygen atoms in total. The normalized spacial score (nSPS) is 14.3. The standard InChI is InChI=1S/C20H24N2O/c1-15-6-8-16(9-7-15)13-22(2)14-20(23)21-19-11-10-17-4-3-5-18(17)12-19/h6-12H,3-5,13-14H2,1-2H3,(H,21,23)/p+1. The maximum Gasteiger partial charge on any atom is 0.279 e. The van der Waals surface area contributed by atoms with Crippen LogP contribution in [0, 0.1) is 6.92 Å². The lowest BCUT2D eigenvalue weighted by molar-refractivity contribution is -0.885. The minimum atomic E-state index is 0.0764. The summed E-state index contributed by atoms with van der Waals surface area (Å²) in [5.74, 6) is 0.0764. The topological polar surface area (TPSA) is 33.5 Å². The molecule has 1 aliphatic rings. The van der Waals surface area contributed by atoms with Crippen LogP contribution in [0.3, 0.4) is 0 Å². The van der Waals surface area contributed by atoms with E-state index in [9.17, 15) is 4.79 Å². The SMILES string of the molecule is Cc1ccc(C[NH+](C)CC(=O)Nc2ccc3c(c2)CCC3)cc1. The van der Waals surface area contributed by atoms with Crippen LogP contribution in [-0.2, 0) is 24.2 Å². The van der Waals surface area contributed by atoms with Crippen molar-refractivity contribution in [2.75, 3.05) is 18.9 Å². The number of benzene rings is 2. The van der Waals surface area contributed by atoms with Crippen molar-refractivity contribution in [1.82, 2.24) is 0 Å². The molecule has 0 saturated carbocycles. The van der Waals surface area contributed by atoms with E-state index in [-0.39, 0.29) is 5.91 Å². The quantitative estimate of drug-likeness (QED) is 0.872. The summed E-state index contributed by atoms with van der Waals surface area (Å²) in [4.78, 5) is 13.4. The Hall–Kier alpha value is -2.13. The lowest BCUT2D eigenvalue weighted by Gasteiger charge is -2.14. The highest BCUT2D eigenvalue weighted by atomic mass is 16.2. The molecule has 1 aliphatic carbocycles. The van der Waals surface area contributed by atoms with Crippen LogP contribution in [0.15, 0.2) is 42.5 Å². The van der Waals surface area contributed by atoms with Gasteiger partial charge in [-0.2, -0.15) is 0 Å². The van der Waals surface area contributed by atoms with E-state index in [0.717, 1.165) is 18.7 Å². The maximum absolute atomic E-state index is 12.2. The van der Waals surface area contributed by atoms with Gasteiger partial charge in [0.05, 0.1) is 7.05 Å². The van der Waals surface area contributed by atoms with E-state index >= 15 is 0 Å². The summed E-state index contributed by atoms with van der Waals surface area (Å²) in [5, 5.41) is 3.04. The van der Waals surface area contributed by atoms with Gasteiger partial charge in [-0.15, -0.1) is 0 Å². The largest absolute Gasteiger partial charge is 0.326 e. The summed E-state index contributed by atoms with van der Waals surface area (Å²) in [6, 6.07) is 14.8. The van der Waals surface area contributed by atoms with E-state index in [0.29, 0.717) is 6.54 Å². The Morgan fingerprint density at radius 3 is 2.61 bits per heavy atom. The average Bonchev–Trinajstić information content (AvgIpc) is 2.97. The molecule has 3 rings (SSSR count). The van der Waals surface area contributed by atoms with E-state index in [1.54, 1.807) is 0 Å².